The molecule has 0 bridgehead atoms. The SMILES string of the molecule is Cc1cc(C(=O)N(C)C2CCCCC2)cc(N)n1. The summed E-state index contributed by atoms with van der Waals surface area (Å²) in [5, 5.41) is 0. The molecule has 1 heterocycles. The molecule has 2 rings (SSSR count). The summed E-state index contributed by atoms with van der Waals surface area (Å²) in [6.07, 6.45) is 5.96. The van der Waals surface area contributed by atoms with E-state index in [-0.39, 0.29) is 5.91 Å². The van der Waals surface area contributed by atoms with Gasteiger partial charge in [0, 0.05) is 24.3 Å². The van der Waals surface area contributed by atoms with Crippen molar-refractivity contribution in [1.82, 2.24) is 9.88 Å². The molecule has 0 radical (unpaired) electrons. The molecule has 0 aliphatic heterocycles. The average Bonchev–Trinajstić information content (AvgIpc) is 2.37. The molecule has 4 nitrogen and oxygen atoms in total. The molecule has 0 atom stereocenters. The average molecular weight is 247 g/mol. The predicted octanol–water partition coefficient (Wildman–Crippen LogP) is 2.38. The zero-order chi connectivity index (χ0) is 13.1. The number of hydrogen-bond acceptors (Lipinski definition) is 3. The molecule has 1 saturated carbocycles. The van der Waals surface area contributed by atoms with Crippen LogP contribution in [0.2, 0.25) is 0 Å². The molecule has 98 valence electrons. The molecule has 18 heavy (non-hydrogen) atoms. The first-order valence-electron chi connectivity index (χ1n) is 6.59. The Bertz CT molecular complexity index is 418. The number of hydrogen-bond donors (Lipinski definition) is 1. The number of amides is 1. The lowest BCUT2D eigenvalue weighted by molar-refractivity contribution is 0.0696. The summed E-state index contributed by atoms with van der Waals surface area (Å²) in [4.78, 5) is 18.4. The maximum atomic E-state index is 12.4. The van der Waals surface area contributed by atoms with E-state index in [1.807, 2.05) is 18.9 Å². The summed E-state index contributed by atoms with van der Waals surface area (Å²) in [6, 6.07) is 3.84. The molecular weight excluding hydrogens is 226 g/mol. The Labute approximate surface area is 108 Å². The van der Waals surface area contributed by atoms with E-state index in [1.165, 1.54) is 19.3 Å². The van der Waals surface area contributed by atoms with Crippen LogP contribution in [0.3, 0.4) is 0 Å². The van der Waals surface area contributed by atoms with E-state index in [2.05, 4.69) is 4.98 Å². The summed E-state index contributed by atoms with van der Waals surface area (Å²) in [5.74, 6) is 0.467. The zero-order valence-electron chi connectivity index (χ0n) is 11.1. The van der Waals surface area contributed by atoms with Crippen LogP contribution in [0.4, 0.5) is 5.82 Å². The van der Waals surface area contributed by atoms with Crippen LogP contribution in [0, 0.1) is 6.92 Å². The van der Waals surface area contributed by atoms with Crippen molar-refractivity contribution < 1.29 is 4.79 Å². The fraction of sp³-hybridized carbons (Fsp3) is 0.571. The molecule has 1 amide bonds. The zero-order valence-corrected chi connectivity index (χ0v) is 11.1. The van der Waals surface area contributed by atoms with Crippen LogP contribution < -0.4 is 5.73 Å². The summed E-state index contributed by atoms with van der Waals surface area (Å²) in [6.45, 7) is 1.85. The van der Waals surface area contributed by atoms with Crippen LogP contribution >= 0.6 is 0 Å². The van der Waals surface area contributed by atoms with Crippen LogP contribution in [-0.2, 0) is 0 Å². The van der Waals surface area contributed by atoms with E-state index in [4.69, 9.17) is 5.73 Å². The molecule has 1 aliphatic rings. The lowest BCUT2D eigenvalue weighted by Crippen LogP contribution is -2.38. The van der Waals surface area contributed by atoms with Gasteiger partial charge >= 0.3 is 0 Å². The number of carbonyl (C=O) groups excluding carboxylic acids is 1. The number of nitrogens with zero attached hydrogens (tertiary/aromatic N) is 2. The number of pyridine rings is 1. The first kappa shape index (κ1) is 12.9. The van der Waals surface area contributed by atoms with Crippen LogP contribution in [0.1, 0.15) is 48.2 Å². The van der Waals surface area contributed by atoms with Gasteiger partial charge in [0.15, 0.2) is 0 Å². The third-order valence-electron chi connectivity index (χ3n) is 3.66. The predicted molar refractivity (Wildman–Crippen MR) is 72.4 cm³/mol. The monoisotopic (exact) mass is 247 g/mol. The van der Waals surface area contributed by atoms with Gasteiger partial charge in [-0.1, -0.05) is 19.3 Å². The van der Waals surface area contributed by atoms with Gasteiger partial charge in [0.2, 0.25) is 0 Å². The van der Waals surface area contributed by atoms with Crippen molar-refractivity contribution in [3.63, 3.8) is 0 Å². The molecule has 0 spiro atoms. The minimum Gasteiger partial charge on any atom is -0.384 e. The number of aromatic nitrogens is 1. The number of carbonyl (C=O) groups is 1. The van der Waals surface area contributed by atoms with Crippen molar-refractivity contribution in [2.24, 2.45) is 0 Å². The fourth-order valence-electron chi connectivity index (χ4n) is 2.66. The standard InChI is InChI=1S/C14H21N3O/c1-10-8-11(9-13(15)16-10)14(18)17(2)12-6-4-3-5-7-12/h8-9,12H,3-7H2,1-2H3,(H2,15,16). The van der Waals surface area contributed by atoms with E-state index in [9.17, 15) is 4.79 Å². The lowest BCUT2D eigenvalue weighted by Gasteiger charge is -2.31. The first-order valence-corrected chi connectivity index (χ1v) is 6.59. The van der Waals surface area contributed by atoms with E-state index in [1.54, 1.807) is 12.1 Å². The van der Waals surface area contributed by atoms with Crippen LogP contribution in [0.15, 0.2) is 12.1 Å². The largest absolute Gasteiger partial charge is 0.384 e. The fourth-order valence-corrected chi connectivity index (χ4v) is 2.66. The van der Waals surface area contributed by atoms with Gasteiger partial charge < -0.3 is 10.6 Å². The number of rotatable bonds is 2. The van der Waals surface area contributed by atoms with Crippen LogP contribution in [0.25, 0.3) is 0 Å². The second-order valence-electron chi connectivity index (χ2n) is 5.13. The van der Waals surface area contributed by atoms with Gasteiger partial charge in [-0.15, -0.1) is 0 Å². The molecule has 0 unspecified atom stereocenters. The van der Waals surface area contributed by atoms with Gasteiger partial charge in [0.05, 0.1) is 0 Å². The Morgan fingerprint density at radius 3 is 2.61 bits per heavy atom. The van der Waals surface area contributed by atoms with E-state index >= 15 is 0 Å². The lowest BCUT2D eigenvalue weighted by atomic mass is 9.94. The summed E-state index contributed by atoms with van der Waals surface area (Å²) in [7, 11) is 1.89. The molecule has 1 aromatic rings. The molecule has 1 aliphatic carbocycles. The molecule has 1 aromatic heterocycles. The summed E-state index contributed by atoms with van der Waals surface area (Å²) >= 11 is 0. The summed E-state index contributed by atoms with van der Waals surface area (Å²) < 4.78 is 0. The third-order valence-corrected chi connectivity index (χ3v) is 3.66. The highest BCUT2D eigenvalue weighted by Crippen LogP contribution is 2.23. The van der Waals surface area contributed by atoms with E-state index in [0.29, 0.717) is 17.4 Å². The molecule has 0 saturated heterocycles. The minimum absolute atomic E-state index is 0.0547. The highest BCUT2D eigenvalue weighted by Gasteiger charge is 2.23. The topological polar surface area (TPSA) is 59.2 Å². The van der Waals surface area contributed by atoms with Crippen molar-refractivity contribution in [1.29, 1.82) is 0 Å². The second-order valence-corrected chi connectivity index (χ2v) is 5.13. The van der Waals surface area contributed by atoms with Crippen molar-refractivity contribution in [2.45, 2.75) is 45.1 Å². The maximum absolute atomic E-state index is 12.4. The Hall–Kier alpha value is -1.58. The molecule has 0 aromatic carbocycles. The molecule has 4 heteroatoms. The van der Waals surface area contributed by atoms with Crippen LogP contribution in [-0.4, -0.2) is 28.9 Å². The van der Waals surface area contributed by atoms with Gasteiger partial charge in [-0.3, -0.25) is 4.79 Å². The van der Waals surface area contributed by atoms with E-state index < -0.39 is 0 Å². The highest BCUT2D eigenvalue weighted by molar-refractivity contribution is 5.95. The Morgan fingerprint density at radius 1 is 1.33 bits per heavy atom. The Morgan fingerprint density at radius 2 is 2.00 bits per heavy atom. The van der Waals surface area contributed by atoms with E-state index in [0.717, 1.165) is 18.5 Å². The maximum Gasteiger partial charge on any atom is 0.254 e. The molecule has 2 N–H and O–H groups in total. The normalized spacial score (nSPS) is 16.6. The second kappa shape index (κ2) is 5.38. The third kappa shape index (κ3) is 2.81. The van der Waals surface area contributed by atoms with Gasteiger partial charge in [0.1, 0.15) is 5.82 Å². The van der Waals surface area contributed by atoms with Crippen molar-refractivity contribution in [3.05, 3.63) is 23.4 Å². The van der Waals surface area contributed by atoms with Gasteiger partial charge in [-0.05, 0) is 31.9 Å². The van der Waals surface area contributed by atoms with Crippen molar-refractivity contribution in [3.8, 4) is 0 Å². The first-order chi connectivity index (χ1) is 8.58. The number of nitrogen functional groups attached to an aromatic ring is 1. The van der Waals surface area contributed by atoms with Crippen molar-refractivity contribution in [2.75, 3.05) is 12.8 Å². The quantitative estimate of drug-likeness (QED) is 0.872. The van der Waals surface area contributed by atoms with Gasteiger partial charge in [0.25, 0.3) is 5.91 Å². The summed E-state index contributed by atoms with van der Waals surface area (Å²) in [5.41, 5.74) is 7.13. The molecular formula is C14H21N3O. The van der Waals surface area contributed by atoms with Crippen LogP contribution in [0.5, 0.6) is 0 Å². The van der Waals surface area contributed by atoms with Crippen molar-refractivity contribution >= 4 is 11.7 Å². The number of aryl methyl sites for hydroxylation is 1. The molecule has 1 fully saturated rings. The number of anilines is 1. The van der Waals surface area contributed by atoms with Gasteiger partial charge in [-0.2, -0.15) is 0 Å². The minimum atomic E-state index is 0.0547. The smallest absolute Gasteiger partial charge is 0.254 e. The number of nitrogens with two attached hydrogens (primary N) is 1. The van der Waals surface area contributed by atoms with Gasteiger partial charge in [-0.25, -0.2) is 4.98 Å². The highest BCUT2D eigenvalue weighted by atomic mass is 16.2. The Balaban J connectivity index is 2.14. The Kier molecular flexibility index (Phi) is 3.84.